The van der Waals surface area contributed by atoms with E-state index in [1.165, 1.54) is 87.4 Å². The Labute approximate surface area is 480 Å². The molecule has 19 aromatic rings. The molecule has 0 bridgehead atoms. The molecule has 0 unspecified atom stereocenters. The maximum Gasteiger partial charge on any atom is 0.159 e. The van der Waals surface area contributed by atoms with Crippen molar-refractivity contribution < 1.29 is 8.83 Å². The lowest BCUT2D eigenvalue weighted by atomic mass is 10.0. The van der Waals surface area contributed by atoms with Crippen molar-refractivity contribution in [1.29, 1.82) is 0 Å². The SMILES string of the molecule is c1ccc(-c2ccc(N(c3cccc4c3oc3ccccc34)c3cccc4c3c3cccc5c6cc7c(cc6n4c53)c3cccc4c5c(N(c6ccc(-c8ccccc8)cc6)c6cccc8c6oc6ccccc68)cccc5n7c34)cc2)cc1. The number of nitrogens with zero attached hydrogens (tertiary/aromatic N) is 4. The van der Waals surface area contributed by atoms with Crippen molar-refractivity contribution in [2.75, 3.05) is 9.80 Å². The van der Waals surface area contributed by atoms with E-state index in [1.54, 1.807) is 0 Å². The summed E-state index contributed by atoms with van der Waals surface area (Å²) in [6.45, 7) is 0. The monoisotopic (exact) mass is 1070 g/mol. The van der Waals surface area contributed by atoms with Crippen LogP contribution in [0, 0.1) is 0 Å². The molecule has 0 aliphatic carbocycles. The molecule has 6 nitrogen and oxygen atoms in total. The molecule has 0 saturated heterocycles. The Balaban J connectivity index is 0.835. The van der Waals surface area contributed by atoms with E-state index in [9.17, 15) is 0 Å². The van der Waals surface area contributed by atoms with Gasteiger partial charge in [0.15, 0.2) is 11.2 Å². The maximum atomic E-state index is 6.84. The number of anilines is 6. The lowest BCUT2D eigenvalue weighted by Crippen LogP contribution is -2.10. The summed E-state index contributed by atoms with van der Waals surface area (Å²) < 4.78 is 18.7. The molecule has 0 amide bonds. The molecule has 6 heterocycles. The fourth-order valence-electron chi connectivity index (χ4n) is 14.4. The molecule has 0 radical (unpaired) electrons. The molecule has 6 heteroatoms. The van der Waals surface area contributed by atoms with Gasteiger partial charge < -0.3 is 27.4 Å². The van der Waals surface area contributed by atoms with Crippen LogP contribution in [0.15, 0.2) is 288 Å². The number of aromatic nitrogens is 2. The van der Waals surface area contributed by atoms with Crippen molar-refractivity contribution in [2.24, 2.45) is 0 Å². The second-order valence-corrected chi connectivity index (χ2v) is 22.3. The number of fused-ring (bicyclic) bond motifs is 18. The lowest BCUT2D eigenvalue weighted by Gasteiger charge is -2.27. The Kier molecular flexibility index (Phi) is 9.24. The number of furan rings is 2. The van der Waals surface area contributed by atoms with Gasteiger partial charge >= 0.3 is 0 Å². The second kappa shape index (κ2) is 17.1. The third kappa shape index (κ3) is 6.23. The predicted octanol–water partition coefficient (Wildman–Crippen LogP) is 22.1. The highest BCUT2D eigenvalue weighted by Gasteiger charge is 2.29. The van der Waals surface area contributed by atoms with Gasteiger partial charge in [0.1, 0.15) is 11.2 Å². The fourth-order valence-corrected chi connectivity index (χ4v) is 14.4. The summed E-state index contributed by atoms with van der Waals surface area (Å²) in [5, 5.41) is 14.0. The van der Waals surface area contributed by atoms with Crippen LogP contribution in [0.3, 0.4) is 0 Å². The van der Waals surface area contributed by atoms with Crippen molar-refractivity contribution in [3.63, 3.8) is 0 Å². The number of hydrogen-bond donors (Lipinski definition) is 0. The van der Waals surface area contributed by atoms with Crippen molar-refractivity contribution in [1.82, 2.24) is 8.80 Å². The topological polar surface area (TPSA) is 41.6 Å². The summed E-state index contributed by atoms with van der Waals surface area (Å²) in [6, 6.07) is 101. The van der Waals surface area contributed by atoms with Crippen molar-refractivity contribution in [2.45, 2.75) is 0 Å². The highest BCUT2D eigenvalue weighted by molar-refractivity contribution is 6.31. The number of hydrogen-bond acceptors (Lipinski definition) is 4. The van der Waals surface area contributed by atoms with Crippen molar-refractivity contribution in [3.8, 4) is 22.3 Å². The van der Waals surface area contributed by atoms with E-state index < -0.39 is 0 Å². The van der Waals surface area contributed by atoms with Gasteiger partial charge in [0, 0.05) is 76.0 Å². The maximum absolute atomic E-state index is 6.84. The van der Waals surface area contributed by atoms with Crippen LogP contribution in [0.4, 0.5) is 34.1 Å². The van der Waals surface area contributed by atoms with Crippen LogP contribution in [0.25, 0.3) is 142 Å². The molecule has 0 fully saturated rings. The van der Waals surface area contributed by atoms with E-state index in [0.717, 1.165) is 89.0 Å². The van der Waals surface area contributed by atoms with Crippen LogP contribution >= 0.6 is 0 Å². The molecule has 390 valence electrons. The van der Waals surface area contributed by atoms with Crippen LogP contribution in [0.5, 0.6) is 0 Å². The van der Waals surface area contributed by atoms with E-state index in [1.807, 2.05) is 12.1 Å². The summed E-state index contributed by atoms with van der Waals surface area (Å²) in [4.78, 5) is 4.82. The van der Waals surface area contributed by atoms with Gasteiger partial charge in [-0.25, -0.2) is 0 Å². The Morgan fingerprint density at radius 1 is 0.238 bits per heavy atom. The normalized spacial score (nSPS) is 12.3. The molecule has 0 saturated carbocycles. The zero-order valence-electron chi connectivity index (χ0n) is 45.2. The fraction of sp³-hybridized carbons (Fsp3) is 0. The largest absolute Gasteiger partial charge is 0.454 e. The Morgan fingerprint density at radius 2 is 0.583 bits per heavy atom. The zero-order chi connectivity index (χ0) is 54.7. The van der Waals surface area contributed by atoms with Gasteiger partial charge in [0.2, 0.25) is 0 Å². The summed E-state index contributed by atoms with van der Waals surface area (Å²) in [5.74, 6) is 0. The Hall–Kier alpha value is -11.3. The van der Waals surface area contributed by atoms with E-state index in [0.29, 0.717) is 0 Å². The molecule has 0 atom stereocenters. The second-order valence-electron chi connectivity index (χ2n) is 22.3. The van der Waals surface area contributed by atoms with Gasteiger partial charge in [-0.3, -0.25) is 0 Å². The predicted molar refractivity (Wildman–Crippen MR) is 351 cm³/mol. The molecule has 0 N–H and O–H groups in total. The van der Waals surface area contributed by atoms with Crippen molar-refractivity contribution >= 4 is 154 Å². The minimum absolute atomic E-state index is 0.853. The molecule has 19 rings (SSSR count). The van der Waals surface area contributed by atoms with E-state index in [4.69, 9.17) is 8.83 Å². The molecule has 13 aromatic carbocycles. The van der Waals surface area contributed by atoms with Gasteiger partial charge in [0.05, 0.1) is 55.8 Å². The summed E-state index contributed by atoms with van der Waals surface area (Å²) in [6.07, 6.45) is 0. The molecule has 84 heavy (non-hydrogen) atoms. The Morgan fingerprint density at radius 3 is 1.04 bits per heavy atom. The minimum atomic E-state index is 0.853. The van der Waals surface area contributed by atoms with Crippen LogP contribution in [-0.2, 0) is 0 Å². The number of rotatable bonds is 8. The molecular formula is C78H46N4O2. The van der Waals surface area contributed by atoms with Crippen LogP contribution in [0.2, 0.25) is 0 Å². The van der Waals surface area contributed by atoms with Gasteiger partial charge in [-0.15, -0.1) is 0 Å². The van der Waals surface area contributed by atoms with Crippen LogP contribution in [-0.4, -0.2) is 8.80 Å². The number of benzene rings is 13. The molecule has 0 aliphatic rings. The van der Waals surface area contributed by atoms with Gasteiger partial charge in [-0.2, -0.15) is 0 Å². The first-order chi connectivity index (χ1) is 41.7. The first-order valence-corrected chi connectivity index (χ1v) is 28.7. The van der Waals surface area contributed by atoms with E-state index in [-0.39, 0.29) is 0 Å². The number of para-hydroxylation sites is 6. The zero-order valence-corrected chi connectivity index (χ0v) is 45.2. The quantitative estimate of drug-likeness (QED) is 0.152. The van der Waals surface area contributed by atoms with Gasteiger partial charge in [-0.1, -0.05) is 194 Å². The van der Waals surface area contributed by atoms with Gasteiger partial charge in [0.25, 0.3) is 0 Å². The average molecular weight is 1070 g/mol. The molecule has 0 aliphatic heterocycles. The highest BCUT2D eigenvalue weighted by Crippen LogP contribution is 2.52. The Bertz CT molecular complexity index is 5490. The van der Waals surface area contributed by atoms with E-state index in [2.05, 4.69) is 286 Å². The minimum Gasteiger partial charge on any atom is -0.454 e. The molecule has 6 aromatic heterocycles. The van der Waals surface area contributed by atoms with Crippen LogP contribution in [0.1, 0.15) is 0 Å². The first kappa shape index (κ1) is 45.4. The third-order valence-corrected chi connectivity index (χ3v) is 18.0. The highest BCUT2D eigenvalue weighted by atomic mass is 16.3. The molecular weight excluding hydrogens is 1020 g/mol. The van der Waals surface area contributed by atoms with Crippen molar-refractivity contribution in [3.05, 3.63) is 279 Å². The smallest absolute Gasteiger partial charge is 0.159 e. The standard InChI is InChI=1S/C78H46N4O2/c1-3-17-47(18-4-1)49-37-41-51(42-38-49)79(67-33-13-25-57-53-21-7-9-35-71(53)83-77(57)67)63-29-15-31-65-73(63)59-27-11-23-55-61-46-70-62(45-69(61)81(65)75(55)59)56-24-12-28-60-74-64(30-16-32-66(74)82(70)76(56)60)80(52-43-39-50(40-44-52)48-19-5-2-6-20-48)68-34-14-26-58-54-22-8-10-36-72(54)84-78(58)68/h1-46H. The van der Waals surface area contributed by atoms with E-state index >= 15 is 0 Å². The van der Waals surface area contributed by atoms with Crippen LogP contribution < -0.4 is 9.80 Å². The van der Waals surface area contributed by atoms with Gasteiger partial charge in [-0.05, 0) is 107 Å². The first-order valence-electron chi connectivity index (χ1n) is 28.7. The average Bonchev–Trinajstić information content (AvgIpc) is 1.84. The molecule has 0 spiro atoms. The lowest BCUT2D eigenvalue weighted by molar-refractivity contribution is 0.669. The summed E-state index contributed by atoms with van der Waals surface area (Å²) in [5.41, 5.74) is 21.5. The summed E-state index contributed by atoms with van der Waals surface area (Å²) in [7, 11) is 0. The summed E-state index contributed by atoms with van der Waals surface area (Å²) >= 11 is 0. The third-order valence-electron chi connectivity index (χ3n) is 18.0.